The van der Waals surface area contributed by atoms with Gasteiger partial charge in [0, 0.05) is 23.6 Å². The van der Waals surface area contributed by atoms with Crippen molar-refractivity contribution in [2.24, 2.45) is 5.92 Å². The molecule has 0 aliphatic carbocycles. The third-order valence-electron chi connectivity index (χ3n) is 4.57. The van der Waals surface area contributed by atoms with E-state index in [0.717, 1.165) is 18.9 Å². The zero-order valence-electron chi connectivity index (χ0n) is 11.9. The van der Waals surface area contributed by atoms with Crippen LogP contribution in [0.25, 0.3) is 0 Å². The molecule has 0 N–H and O–H groups in total. The molecule has 2 bridgehead atoms. The first-order valence-corrected chi connectivity index (χ1v) is 7.13. The molecule has 1 aromatic carbocycles. The van der Waals surface area contributed by atoms with Gasteiger partial charge in [-0.2, -0.15) is 5.26 Å². The van der Waals surface area contributed by atoms with Crippen LogP contribution in [-0.2, 0) is 4.74 Å². The number of hydrogen-bond acceptors (Lipinski definition) is 4. The Balaban J connectivity index is 1.83. The van der Waals surface area contributed by atoms with Crippen LogP contribution in [0.15, 0.2) is 18.2 Å². The summed E-state index contributed by atoms with van der Waals surface area (Å²) in [6.07, 6.45) is 1.45. The van der Waals surface area contributed by atoms with Gasteiger partial charge in [-0.1, -0.05) is 0 Å². The van der Waals surface area contributed by atoms with E-state index in [2.05, 4.69) is 11.9 Å². The maximum Gasteiger partial charge on any atom is 0.166 e. The molecule has 21 heavy (non-hydrogen) atoms. The number of piperidine rings is 1. The quantitative estimate of drug-likeness (QED) is 0.781. The fraction of sp³-hybridized carbons (Fsp3) is 0.500. The van der Waals surface area contributed by atoms with Crippen LogP contribution in [0.3, 0.4) is 0 Å². The van der Waals surface area contributed by atoms with Crippen LogP contribution in [0.2, 0.25) is 0 Å². The van der Waals surface area contributed by atoms with E-state index in [1.807, 2.05) is 6.07 Å². The molecule has 110 valence electrons. The first kappa shape index (κ1) is 14.2. The highest BCUT2D eigenvalue weighted by Crippen LogP contribution is 2.32. The summed E-state index contributed by atoms with van der Waals surface area (Å²) in [7, 11) is 2.06. The van der Waals surface area contributed by atoms with Gasteiger partial charge >= 0.3 is 0 Å². The fourth-order valence-electron chi connectivity index (χ4n) is 3.34. The Morgan fingerprint density at radius 3 is 2.62 bits per heavy atom. The number of fused-ring (bicyclic) bond motifs is 2. The van der Waals surface area contributed by atoms with E-state index in [0.29, 0.717) is 18.8 Å². The van der Waals surface area contributed by atoms with Gasteiger partial charge in [-0.25, -0.2) is 4.39 Å². The van der Waals surface area contributed by atoms with Gasteiger partial charge in [0.2, 0.25) is 0 Å². The van der Waals surface area contributed by atoms with E-state index < -0.39 is 5.82 Å². The van der Waals surface area contributed by atoms with Crippen LogP contribution in [0.1, 0.15) is 28.8 Å². The van der Waals surface area contributed by atoms with Crippen LogP contribution in [0, 0.1) is 23.1 Å². The Kier molecular flexibility index (Phi) is 3.75. The smallest absolute Gasteiger partial charge is 0.166 e. The van der Waals surface area contributed by atoms with Crippen LogP contribution >= 0.6 is 0 Å². The third kappa shape index (κ3) is 2.69. The number of carbonyl (C=O) groups is 1. The SMILES string of the molecule is CN1C2COCC1CC(C(=O)c1cc(F)cc(C#N)c1)C2. The molecule has 2 unspecified atom stereocenters. The molecule has 2 atom stereocenters. The average Bonchev–Trinajstić information content (AvgIpc) is 2.45. The number of nitrogens with zero attached hydrogens (tertiary/aromatic N) is 2. The number of ether oxygens (including phenoxy) is 1. The standard InChI is InChI=1S/C16H17FN2O2/c1-19-14-5-12(6-15(19)9-21-8-14)16(20)11-2-10(7-18)3-13(17)4-11/h2-4,12,14-15H,5-6,8-9H2,1H3. The van der Waals surface area contributed by atoms with Gasteiger partial charge in [-0.3, -0.25) is 9.69 Å². The summed E-state index contributed by atoms with van der Waals surface area (Å²) in [5, 5.41) is 8.89. The zero-order valence-corrected chi connectivity index (χ0v) is 11.9. The van der Waals surface area contributed by atoms with E-state index in [1.165, 1.54) is 12.1 Å². The number of morpholine rings is 1. The van der Waals surface area contributed by atoms with Crippen molar-refractivity contribution in [3.8, 4) is 6.07 Å². The molecule has 2 heterocycles. The first-order valence-electron chi connectivity index (χ1n) is 7.13. The lowest BCUT2D eigenvalue weighted by Crippen LogP contribution is -2.55. The first-order chi connectivity index (χ1) is 10.1. The average molecular weight is 288 g/mol. The second kappa shape index (κ2) is 5.55. The number of rotatable bonds is 2. The molecule has 0 radical (unpaired) electrons. The number of benzene rings is 1. The molecule has 0 spiro atoms. The summed E-state index contributed by atoms with van der Waals surface area (Å²) in [6.45, 7) is 1.28. The molecule has 2 fully saturated rings. The summed E-state index contributed by atoms with van der Waals surface area (Å²) in [6, 6.07) is 6.24. The highest BCUT2D eigenvalue weighted by molar-refractivity contribution is 5.98. The summed E-state index contributed by atoms with van der Waals surface area (Å²) in [5.74, 6) is -0.710. The molecule has 1 aromatic rings. The second-order valence-electron chi connectivity index (χ2n) is 5.88. The van der Waals surface area contributed by atoms with Gasteiger partial charge in [0.25, 0.3) is 0 Å². The van der Waals surface area contributed by atoms with Gasteiger partial charge in [0.1, 0.15) is 5.82 Å². The highest BCUT2D eigenvalue weighted by Gasteiger charge is 2.39. The summed E-state index contributed by atoms with van der Waals surface area (Å²) >= 11 is 0. The maximum absolute atomic E-state index is 13.5. The van der Waals surface area contributed by atoms with Crippen molar-refractivity contribution in [2.75, 3.05) is 20.3 Å². The molecule has 2 aliphatic rings. The third-order valence-corrected chi connectivity index (χ3v) is 4.57. The lowest BCUT2D eigenvalue weighted by Gasteiger charge is -2.46. The van der Waals surface area contributed by atoms with E-state index in [9.17, 15) is 9.18 Å². The van der Waals surface area contributed by atoms with Crippen LogP contribution < -0.4 is 0 Å². The molecular formula is C16H17FN2O2. The topological polar surface area (TPSA) is 53.3 Å². The predicted molar refractivity (Wildman–Crippen MR) is 74.3 cm³/mol. The number of hydrogen-bond donors (Lipinski definition) is 0. The number of likely N-dealkylation sites (N-methyl/N-ethyl adjacent to an activating group) is 1. The lowest BCUT2D eigenvalue weighted by molar-refractivity contribution is -0.0702. The Labute approximate surface area is 123 Å². The molecule has 2 aliphatic heterocycles. The molecule has 0 amide bonds. The van der Waals surface area contributed by atoms with Gasteiger partial charge in [-0.15, -0.1) is 0 Å². The molecule has 0 saturated carbocycles. The van der Waals surface area contributed by atoms with Crippen molar-refractivity contribution in [1.29, 1.82) is 5.26 Å². The Hall–Kier alpha value is -1.77. The van der Waals surface area contributed by atoms with E-state index in [1.54, 1.807) is 0 Å². The van der Waals surface area contributed by atoms with Crippen LogP contribution in [-0.4, -0.2) is 43.0 Å². The van der Waals surface area contributed by atoms with E-state index in [4.69, 9.17) is 10.00 Å². The lowest BCUT2D eigenvalue weighted by atomic mass is 9.81. The largest absolute Gasteiger partial charge is 0.378 e. The van der Waals surface area contributed by atoms with Crippen molar-refractivity contribution < 1.29 is 13.9 Å². The monoisotopic (exact) mass is 288 g/mol. The molecule has 3 rings (SSSR count). The minimum atomic E-state index is -0.533. The number of Topliss-reactive ketones (excluding diaryl/α,β-unsaturated/α-hetero) is 1. The van der Waals surface area contributed by atoms with Crippen molar-refractivity contribution in [1.82, 2.24) is 4.90 Å². The molecule has 4 nitrogen and oxygen atoms in total. The van der Waals surface area contributed by atoms with Crippen LogP contribution in [0.5, 0.6) is 0 Å². The van der Waals surface area contributed by atoms with Gasteiger partial charge in [0.15, 0.2) is 5.78 Å². The van der Waals surface area contributed by atoms with Gasteiger partial charge in [-0.05, 0) is 38.1 Å². The van der Waals surface area contributed by atoms with Crippen molar-refractivity contribution in [2.45, 2.75) is 24.9 Å². The maximum atomic E-state index is 13.5. The summed E-state index contributed by atoms with van der Waals surface area (Å²) in [5.41, 5.74) is 0.495. The number of halogens is 1. The van der Waals surface area contributed by atoms with Crippen molar-refractivity contribution in [3.63, 3.8) is 0 Å². The van der Waals surface area contributed by atoms with E-state index >= 15 is 0 Å². The predicted octanol–water partition coefficient (Wildman–Crippen LogP) is 1.99. The minimum Gasteiger partial charge on any atom is -0.378 e. The Bertz CT molecular complexity index is 597. The molecular weight excluding hydrogens is 271 g/mol. The fourth-order valence-corrected chi connectivity index (χ4v) is 3.34. The van der Waals surface area contributed by atoms with E-state index in [-0.39, 0.29) is 29.3 Å². The number of ketones is 1. The number of nitriles is 1. The minimum absolute atomic E-state index is 0.0593. The number of carbonyl (C=O) groups excluding carboxylic acids is 1. The molecule has 2 saturated heterocycles. The summed E-state index contributed by atoms with van der Waals surface area (Å²) < 4.78 is 19.0. The highest BCUT2D eigenvalue weighted by atomic mass is 19.1. The van der Waals surface area contributed by atoms with Crippen molar-refractivity contribution >= 4 is 5.78 Å². The second-order valence-corrected chi connectivity index (χ2v) is 5.88. The Morgan fingerprint density at radius 2 is 2.00 bits per heavy atom. The van der Waals surface area contributed by atoms with Gasteiger partial charge in [0.05, 0.1) is 24.8 Å². The van der Waals surface area contributed by atoms with Gasteiger partial charge < -0.3 is 4.74 Å². The van der Waals surface area contributed by atoms with Crippen LogP contribution in [0.4, 0.5) is 4.39 Å². The molecule has 0 aromatic heterocycles. The zero-order chi connectivity index (χ0) is 15.0. The molecule has 5 heteroatoms. The normalized spacial score (nSPS) is 28.9. The summed E-state index contributed by atoms with van der Waals surface area (Å²) in [4.78, 5) is 14.9. The van der Waals surface area contributed by atoms with Crippen molar-refractivity contribution in [3.05, 3.63) is 35.1 Å². The Morgan fingerprint density at radius 1 is 1.33 bits per heavy atom.